The van der Waals surface area contributed by atoms with Crippen molar-refractivity contribution in [2.75, 3.05) is 5.32 Å². The standard InChI is InChI=1S/C4H7N3O8P2S/c8-7(9)2-1-5-3(18-2)6-4(14-16(10)11)15-17(12)13/h1,4,16-17H,(H,5,6)(H,10,11)(H,12,13). The molecule has 1 aromatic rings. The first-order valence-corrected chi connectivity index (χ1v) is 7.39. The highest BCUT2D eigenvalue weighted by Gasteiger charge is 2.18. The second kappa shape index (κ2) is 6.90. The van der Waals surface area contributed by atoms with Gasteiger partial charge in [-0.1, -0.05) is 0 Å². The molecule has 1 heterocycles. The van der Waals surface area contributed by atoms with Gasteiger partial charge in [0.1, 0.15) is 6.20 Å². The highest BCUT2D eigenvalue weighted by Crippen LogP contribution is 2.30. The summed E-state index contributed by atoms with van der Waals surface area (Å²) >= 11 is 0.597. The number of hydrogen-bond acceptors (Lipinski definition) is 9. The van der Waals surface area contributed by atoms with Crippen molar-refractivity contribution in [2.24, 2.45) is 0 Å². The summed E-state index contributed by atoms with van der Waals surface area (Å²) in [6.45, 7) is 0. The first-order valence-electron chi connectivity index (χ1n) is 4.04. The average molecular weight is 319 g/mol. The first kappa shape index (κ1) is 15.2. The van der Waals surface area contributed by atoms with Crippen LogP contribution in [0.5, 0.6) is 0 Å². The molecule has 102 valence electrons. The molecule has 0 fully saturated rings. The van der Waals surface area contributed by atoms with E-state index in [9.17, 15) is 19.2 Å². The molecular formula is C4H7N3O8P2S. The third-order valence-electron chi connectivity index (χ3n) is 1.33. The molecule has 3 N–H and O–H groups in total. The maximum atomic E-state index is 10.4. The number of nitro groups is 1. The Bertz CT molecular complexity index is 463. The van der Waals surface area contributed by atoms with E-state index in [1.165, 1.54) is 0 Å². The lowest BCUT2D eigenvalue weighted by Gasteiger charge is -2.14. The minimum Gasteiger partial charge on any atom is -0.326 e. The van der Waals surface area contributed by atoms with Gasteiger partial charge in [0.15, 0.2) is 5.13 Å². The Hall–Kier alpha value is -0.870. The zero-order chi connectivity index (χ0) is 13.7. The maximum Gasteiger partial charge on any atom is 0.345 e. The Balaban J connectivity index is 2.71. The summed E-state index contributed by atoms with van der Waals surface area (Å²) < 4.78 is 29.4. The number of nitrogens with zero attached hydrogens (tertiary/aromatic N) is 2. The van der Waals surface area contributed by atoms with Crippen LogP contribution in [0.15, 0.2) is 6.20 Å². The van der Waals surface area contributed by atoms with Gasteiger partial charge in [-0.3, -0.25) is 28.3 Å². The zero-order valence-corrected chi connectivity index (χ0v) is 11.1. The normalized spacial score (nSPS) is 15.9. The highest BCUT2D eigenvalue weighted by atomic mass is 32.1. The molecule has 0 aliphatic carbocycles. The van der Waals surface area contributed by atoms with Crippen molar-refractivity contribution in [3.8, 4) is 0 Å². The van der Waals surface area contributed by atoms with Crippen LogP contribution in [-0.2, 0) is 18.2 Å². The van der Waals surface area contributed by atoms with Crippen LogP contribution in [0.3, 0.4) is 0 Å². The fraction of sp³-hybridized carbons (Fsp3) is 0.250. The predicted molar refractivity (Wildman–Crippen MR) is 60.8 cm³/mol. The molecule has 0 saturated heterocycles. The van der Waals surface area contributed by atoms with Gasteiger partial charge in [-0.15, -0.1) is 0 Å². The molecule has 2 atom stereocenters. The third-order valence-corrected chi connectivity index (χ3v) is 3.04. The van der Waals surface area contributed by atoms with E-state index in [0.29, 0.717) is 11.3 Å². The number of hydrogen-bond donors (Lipinski definition) is 3. The minimum absolute atomic E-state index is 0.0711. The topological polar surface area (TPSA) is 161 Å². The molecule has 0 radical (unpaired) electrons. The van der Waals surface area contributed by atoms with Gasteiger partial charge < -0.3 is 15.1 Å². The Kier molecular flexibility index (Phi) is 5.82. The monoisotopic (exact) mass is 319 g/mol. The van der Waals surface area contributed by atoms with Crippen molar-refractivity contribution in [1.29, 1.82) is 0 Å². The quantitative estimate of drug-likeness (QED) is 0.280. The molecule has 14 heteroatoms. The van der Waals surface area contributed by atoms with Gasteiger partial charge in [0, 0.05) is 0 Å². The minimum atomic E-state index is -3.44. The lowest BCUT2D eigenvalue weighted by Crippen LogP contribution is -2.21. The number of rotatable bonds is 7. The fourth-order valence-electron chi connectivity index (χ4n) is 0.784. The lowest BCUT2D eigenvalue weighted by molar-refractivity contribution is -0.380. The number of aromatic nitrogens is 1. The van der Waals surface area contributed by atoms with Crippen LogP contribution in [0, 0.1) is 10.1 Å². The Morgan fingerprint density at radius 1 is 1.44 bits per heavy atom. The van der Waals surface area contributed by atoms with Crippen LogP contribution in [0.1, 0.15) is 0 Å². The van der Waals surface area contributed by atoms with Crippen molar-refractivity contribution < 1.29 is 32.9 Å². The summed E-state index contributed by atoms with van der Waals surface area (Å²) in [5.41, 5.74) is 0. The number of nitrogens with one attached hydrogen (secondary N) is 1. The smallest absolute Gasteiger partial charge is 0.326 e. The molecule has 2 unspecified atom stereocenters. The number of anilines is 1. The SMILES string of the molecule is O=[N+]([O-])c1cnc(NC(O[PH](=O)O)O[PH](=O)O)s1. The molecule has 0 aliphatic heterocycles. The summed E-state index contributed by atoms with van der Waals surface area (Å²) in [5, 5.41) is 12.2. The predicted octanol–water partition coefficient (Wildman–Crippen LogP) is 0.544. The summed E-state index contributed by atoms with van der Waals surface area (Å²) in [7, 11) is -6.87. The largest absolute Gasteiger partial charge is 0.345 e. The van der Waals surface area contributed by atoms with E-state index >= 15 is 0 Å². The van der Waals surface area contributed by atoms with Crippen LogP contribution < -0.4 is 5.32 Å². The summed E-state index contributed by atoms with van der Waals surface area (Å²) in [5.74, 6) is 0. The summed E-state index contributed by atoms with van der Waals surface area (Å²) in [6, 6.07) is 0. The molecule has 0 bridgehead atoms. The van der Waals surface area contributed by atoms with Crippen molar-refractivity contribution in [3.05, 3.63) is 16.3 Å². The third kappa shape index (κ3) is 5.19. The Morgan fingerprint density at radius 3 is 2.39 bits per heavy atom. The second-order valence-corrected chi connectivity index (χ2v) is 5.05. The van der Waals surface area contributed by atoms with E-state index in [4.69, 9.17) is 9.79 Å². The van der Waals surface area contributed by atoms with Crippen LogP contribution in [0.25, 0.3) is 0 Å². The highest BCUT2D eigenvalue weighted by molar-refractivity contribution is 7.32. The van der Waals surface area contributed by atoms with E-state index in [-0.39, 0.29) is 10.1 Å². The van der Waals surface area contributed by atoms with Crippen molar-refractivity contribution in [1.82, 2.24) is 4.98 Å². The lowest BCUT2D eigenvalue weighted by atomic mass is 10.9. The van der Waals surface area contributed by atoms with Crippen LogP contribution in [-0.4, -0.2) is 26.1 Å². The van der Waals surface area contributed by atoms with Crippen molar-refractivity contribution in [3.63, 3.8) is 0 Å². The van der Waals surface area contributed by atoms with Gasteiger partial charge in [-0.05, 0) is 11.3 Å². The molecule has 0 aromatic carbocycles. The summed E-state index contributed by atoms with van der Waals surface area (Å²) in [4.78, 5) is 30.3. The van der Waals surface area contributed by atoms with Gasteiger partial charge in [0.05, 0.1) is 4.92 Å². The molecule has 1 rings (SSSR count). The van der Waals surface area contributed by atoms with E-state index < -0.39 is 27.8 Å². The van der Waals surface area contributed by atoms with Gasteiger partial charge >= 0.3 is 21.5 Å². The van der Waals surface area contributed by atoms with Gasteiger partial charge in [-0.25, -0.2) is 4.98 Å². The van der Waals surface area contributed by atoms with E-state index in [1.54, 1.807) is 0 Å². The van der Waals surface area contributed by atoms with Gasteiger partial charge in [0.25, 0.3) is 6.41 Å². The molecule has 0 aliphatic rings. The number of thiazole rings is 1. The van der Waals surface area contributed by atoms with Crippen LogP contribution in [0.4, 0.5) is 10.1 Å². The zero-order valence-electron chi connectivity index (χ0n) is 8.30. The first-order chi connectivity index (χ1) is 8.38. The van der Waals surface area contributed by atoms with E-state index in [0.717, 1.165) is 6.20 Å². The van der Waals surface area contributed by atoms with E-state index in [1.807, 2.05) is 0 Å². The Morgan fingerprint density at radius 2 is 2.00 bits per heavy atom. The van der Waals surface area contributed by atoms with Gasteiger partial charge in [-0.2, -0.15) is 0 Å². The van der Waals surface area contributed by atoms with Crippen LogP contribution >= 0.6 is 27.8 Å². The molecule has 0 spiro atoms. The Labute approximate surface area is 104 Å². The molecule has 11 nitrogen and oxygen atoms in total. The second-order valence-electron chi connectivity index (χ2n) is 2.50. The van der Waals surface area contributed by atoms with Crippen molar-refractivity contribution >= 4 is 38.0 Å². The molecule has 0 saturated carbocycles. The molecular weight excluding hydrogens is 312 g/mol. The van der Waals surface area contributed by atoms with Crippen molar-refractivity contribution in [2.45, 2.75) is 6.41 Å². The molecule has 1 aromatic heterocycles. The molecule has 18 heavy (non-hydrogen) atoms. The fourth-order valence-corrected chi connectivity index (χ4v) is 2.10. The average Bonchev–Trinajstić information content (AvgIpc) is 2.63. The van der Waals surface area contributed by atoms with Gasteiger partial charge in [0.2, 0.25) is 0 Å². The summed E-state index contributed by atoms with van der Waals surface area (Å²) in [6.07, 6.45) is -0.767. The van der Waals surface area contributed by atoms with E-state index in [2.05, 4.69) is 19.3 Å². The molecule has 0 amide bonds. The van der Waals surface area contributed by atoms with Crippen LogP contribution in [0.2, 0.25) is 0 Å². The maximum absolute atomic E-state index is 10.4.